The van der Waals surface area contributed by atoms with Crippen molar-refractivity contribution < 1.29 is 14.1 Å². The van der Waals surface area contributed by atoms with Crippen molar-refractivity contribution in [3.05, 3.63) is 33.7 Å². The van der Waals surface area contributed by atoms with Crippen molar-refractivity contribution in [2.45, 2.75) is 26.8 Å². The number of aromatic nitrogens is 3. The van der Waals surface area contributed by atoms with Gasteiger partial charge in [0.25, 0.3) is 0 Å². The van der Waals surface area contributed by atoms with Crippen LogP contribution in [0, 0.1) is 13.8 Å². The molecule has 0 aliphatic carbocycles. The fourth-order valence-corrected chi connectivity index (χ4v) is 2.96. The number of hydrogen-bond donors (Lipinski definition) is 2. The molecule has 0 saturated carbocycles. The van der Waals surface area contributed by atoms with Gasteiger partial charge in [-0.2, -0.15) is 4.57 Å². The van der Waals surface area contributed by atoms with E-state index in [1.54, 1.807) is 17.5 Å². The molecule has 2 rings (SSSR count). The van der Waals surface area contributed by atoms with E-state index in [1.165, 1.54) is 0 Å². The maximum absolute atomic E-state index is 11.0. The van der Waals surface area contributed by atoms with Crippen LogP contribution in [0.3, 0.4) is 0 Å². The van der Waals surface area contributed by atoms with Gasteiger partial charge in [0.05, 0.1) is 23.6 Å². The van der Waals surface area contributed by atoms with Crippen LogP contribution in [0.2, 0.25) is 0 Å². The zero-order valence-electron chi connectivity index (χ0n) is 12.7. The standard InChI is InChI=1S/C14H20N5O2S/c1-9-12(3-4-21-13(20)5-15)22-8-19(9)7-11-6-17-10(2)18-14(11)16/h6,8H,3-5,7,15H2,1-2H3,(H2,16,17,18)/q+1. The average Bonchev–Trinajstić information content (AvgIpc) is 2.83. The second-order valence-corrected chi connectivity index (χ2v) is 5.80. The number of rotatable bonds is 6. The van der Waals surface area contributed by atoms with Gasteiger partial charge >= 0.3 is 5.97 Å². The Balaban J connectivity index is 2.02. The Labute approximate surface area is 133 Å². The number of nitrogens with two attached hydrogens (primary N) is 2. The van der Waals surface area contributed by atoms with E-state index in [9.17, 15) is 4.79 Å². The van der Waals surface area contributed by atoms with Crippen molar-refractivity contribution in [3.8, 4) is 0 Å². The Bertz CT molecular complexity index is 671. The van der Waals surface area contributed by atoms with Gasteiger partial charge in [-0.25, -0.2) is 9.97 Å². The summed E-state index contributed by atoms with van der Waals surface area (Å²) >= 11 is 1.62. The molecule has 2 aromatic heterocycles. The Hall–Kier alpha value is -2.06. The van der Waals surface area contributed by atoms with Gasteiger partial charge in [-0.15, -0.1) is 0 Å². The summed E-state index contributed by atoms with van der Waals surface area (Å²) in [7, 11) is 0. The minimum Gasteiger partial charge on any atom is -0.464 e. The lowest BCUT2D eigenvalue weighted by Crippen LogP contribution is -2.35. The molecule has 0 fully saturated rings. The quantitative estimate of drug-likeness (QED) is 0.577. The van der Waals surface area contributed by atoms with Crippen LogP contribution in [0.25, 0.3) is 0 Å². The van der Waals surface area contributed by atoms with Gasteiger partial charge in [-0.05, 0) is 6.92 Å². The molecule has 0 spiro atoms. The van der Waals surface area contributed by atoms with Gasteiger partial charge in [0, 0.05) is 19.5 Å². The Morgan fingerprint density at radius 2 is 2.23 bits per heavy atom. The van der Waals surface area contributed by atoms with Gasteiger partial charge in [-0.1, -0.05) is 11.3 Å². The number of ether oxygens (including phenoxy) is 1. The highest BCUT2D eigenvalue weighted by molar-refractivity contribution is 7.09. The first-order valence-corrected chi connectivity index (χ1v) is 7.79. The van der Waals surface area contributed by atoms with Crippen molar-refractivity contribution in [1.29, 1.82) is 0 Å². The number of nitrogen functional groups attached to an aromatic ring is 1. The number of esters is 1. The van der Waals surface area contributed by atoms with Crippen LogP contribution in [0.15, 0.2) is 11.7 Å². The molecular formula is C14H20N5O2S+. The number of carbonyl (C=O) groups is 1. The van der Waals surface area contributed by atoms with Gasteiger partial charge in [-0.3, -0.25) is 4.79 Å². The highest BCUT2D eigenvalue weighted by Gasteiger charge is 2.17. The topological polar surface area (TPSA) is 108 Å². The fourth-order valence-electron chi connectivity index (χ4n) is 1.98. The van der Waals surface area contributed by atoms with Crippen molar-refractivity contribution in [2.24, 2.45) is 5.73 Å². The summed E-state index contributed by atoms with van der Waals surface area (Å²) in [5, 5.41) is 0. The molecular weight excluding hydrogens is 302 g/mol. The number of nitrogens with zero attached hydrogens (tertiary/aromatic N) is 3. The zero-order valence-corrected chi connectivity index (χ0v) is 13.5. The predicted octanol–water partition coefficient (Wildman–Crippen LogP) is 0.117. The highest BCUT2D eigenvalue weighted by Crippen LogP contribution is 2.14. The minimum absolute atomic E-state index is 0.0872. The molecule has 0 bridgehead atoms. The van der Waals surface area contributed by atoms with Gasteiger partial charge < -0.3 is 16.2 Å². The number of hydrogen-bond acceptors (Lipinski definition) is 7. The second-order valence-electron chi connectivity index (χ2n) is 4.86. The van der Waals surface area contributed by atoms with E-state index in [-0.39, 0.29) is 12.5 Å². The third-order valence-electron chi connectivity index (χ3n) is 3.27. The van der Waals surface area contributed by atoms with Crippen LogP contribution in [-0.4, -0.2) is 29.1 Å². The molecule has 0 atom stereocenters. The van der Waals surface area contributed by atoms with Crippen LogP contribution in [0.5, 0.6) is 0 Å². The summed E-state index contributed by atoms with van der Waals surface area (Å²) in [5.41, 5.74) is 15.1. The number of thiazole rings is 1. The minimum atomic E-state index is -0.383. The fraction of sp³-hybridized carbons (Fsp3) is 0.429. The number of carbonyl (C=O) groups excluding carboxylic acids is 1. The van der Waals surface area contributed by atoms with Gasteiger partial charge in [0.2, 0.25) is 5.51 Å². The van der Waals surface area contributed by atoms with E-state index in [0.29, 0.717) is 31.2 Å². The molecule has 8 heteroatoms. The van der Waals surface area contributed by atoms with E-state index in [0.717, 1.165) is 16.1 Å². The summed E-state index contributed by atoms with van der Waals surface area (Å²) < 4.78 is 7.10. The van der Waals surface area contributed by atoms with Crippen LogP contribution in [-0.2, 0) is 22.5 Å². The normalized spacial score (nSPS) is 10.7. The molecule has 4 N–H and O–H groups in total. The maximum Gasteiger partial charge on any atom is 0.319 e. The van der Waals surface area contributed by atoms with E-state index in [4.69, 9.17) is 16.2 Å². The molecule has 22 heavy (non-hydrogen) atoms. The molecule has 0 aromatic carbocycles. The van der Waals surface area contributed by atoms with E-state index in [1.807, 2.05) is 19.4 Å². The molecule has 2 heterocycles. The maximum atomic E-state index is 11.0. The second kappa shape index (κ2) is 7.28. The molecule has 0 aliphatic rings. The zero-order chi connectivity index (χ0) is 16.1. The lowest BCUT2D eigenvalue weighted by atomic mass is 10.2. The summed E-state index contributed by atoms with van der Waals surface area (Å²) in [6, 6.07) is 0. The third kappa shape index (κ3) is 3.99. The van der Waals surface area contributed by atoms with E-state index < -0.39 is 0 Å². The molecule has 0 amide bonds. The largest absolute Gasteiger partial charge is 0.464 e. The monoisotopic (exact) mass is 322 g/mol. The molecule has 0 unspecified atom stereocenters. The first kappa shape index (κ1) is 16.3. The van der Waals surface area contributed by atoms with Crippen LogP contribution in [0.1, 0.15) is 22.0 Å². The first-order valence-electron chi connectivity index (χ1n) is 6.91. The summed E-state index contributed by atoms with van der Waals surface area (Å²) in [5.74, 6) is 0.784. The highest BCUT2D eigenvalue weighted by atomic mass is 32.1. The first-order chi connectivity index (χ1) is 10.5. The molecule has 2 aromatic rings. The van der Waals surface area contributed by atoms with Crippen LogP contribution < -0.4 is 16.0 Å². The molecule has 0 radical (unpaired) electrons. The van der Waals surface area contributed by atoms with Crippen LogP contribution in [0.4, 0.5) is 5.82 Å². The molecule has 7 nitrogen and oxygen atoms in total. The van der Waals surface area contributed by atoms with Crippen molar-refractivity contribution >= 4 is 23.1 Å². The Morgan fingerprint density at radius 3 is 2.91 bits per heavy atom. The van der Waals surface area contributed by atoms with Gasteiger partial charge in [0.1, 0.15) is 11.6 Å². The lowest BCUT2D eigenvalue weighted by molar-refractivity contribution is -0.689. The van der Waals surface area contributed by atoms with Crippen LogP contribution >= 0.6 is 11.3 Å². The van der Waals surface area contributed by atoms with E-state index in [2.05, 4.69) is 14.5 Å². The lowest BCUT2D eigenvalue weighted by Gasteiger charge is -2.03. The van der Waals surface area contributed by atoms with Crippen molar-refractivity contribution in [3.63, 3.8) is 0 Å². The predicted molar refractivity (Wildman–Crippen MR) is 83.3 cm³/mol. The SMILES string of the molecule is Cc1ncc(C[n+]2csc(CCOC(=O)CN)c2C)c(N)n1. The third-order valence-corrected chi connectivity index (χ3v) is 4.42. The van der Waals surface area contributed by atoms with E-state index >= 15 is 0 Å². The molecule has 118 valence electrons. The number of aryl methyl sites for hydroxylation is 1. The Kier molecular flexibility index (Phi) is 5.40. The summed E-state index contributed by atoms with van der Waals surface area (Å²) in [6.07, 6.45) is 2.43. The Morgan fingerprint density at radius 1 is 1.45 bits per heavy atom. The molecule has 0 saturated heterocycles. The summed E-state index contributed by atoms with van der Waals surface area (Å²) in [6.45, 7) is 4.71. The van der Waals surface area contributed by atoms with Gasteiger partial charge in [0.15, 0.2) is 12.2 Å². The van der Waals surface area contributed by atoms with Crippen molar-refractivity contribution in [2.75, 3.05) is 18.9 Å². The molecule has 0 aliphatic heterocycles. The summed E-state index contributed by atoms with van der Waals surface area (Å²) in [4.78, 5) is 20.5. The number of anilines is 1. The average molecular weight is 322 g/mol. The van der Waals surface area contributed by atoms with Crippen molar-refractivity contribution in [1.82, 2.24) is 9.97 Å². The smallest absolute Gasteiger partial charge is 0.319 e.